The Labute approximate surface area is 112 Å². The van der Waals surface area contributed by atoms with Crippen LogP contribution in [0.25, 0.3) is 0 Å². The van der Waals surface area contributed by atoms with Crippen molar-refractivity contribution < 1.29 is 18.3 Å². The van der Waals surface area contributed by atoms with Gasteiger partial charge in [-0.15, -0.1) is 0 Å². The number of ether oxygens (including phenoxy) is 1. The number of hydrogen-bond acceptors (Lipinski definition) is 5. The molecule has 1 aromatic heterocycles. The first kappa shape index (κ1) is 14.4. The highest BCUT2D eigenvalue weighted by atomic mass is 32.2. The van der Waals surface area contributed by atoms with Crippen molar-refractivity contribution >= 4 is 10.0 Å². The van der Waals surface area contributed by atoms with E-state index >= 15 is 0 Å². The molecule has 1 aromatic rings. The lowest BCUT2D eigenvalue weighted by Crippen LogP contribution is -2.40. The summed E-state index contributed by atoms with van der Waals surface area (Å²) in [6.07, 6.45) is 4.18. The van der Waals surface area contributed by atoms with Crippen LogP contribution in [0.2, 0.25) is 0 Å². The summed E-state index contributed by atoms with van der Waals surface area (Å²) >= 11 is 0. The van der Waals surface area contributed by atoms with Gasteiger partial charge in [-0.1, -0.05) is 0 Å². The molecule has 7 nitrogen and oxygen atoms in total. The SMILES string of the molecule is CN(C1CCOCC1)S(=O)(=O)c1cnn(CCO)c1. The highest BCUT2D eigenvalue weighted by Gasteiger charge is 2.30. The number of aromatic nitrogens is 2. The predicted molar refractivity (Wildman–Crippen MR) is 68.1 cm³/mol. The van der Waals surface area contributed by atoms with E-state index in [9.17, 15) is 8.42 Å². The minimum absolute atomic E-state index is 0.0278. The molecule has 2 rings (SSSR count). The molecule has 1 aliphatic rings. The molecule has 0 bridgehead atoms. The van der Waals surface area contributed by atoms with E-state index in [1.54, 1.807) is 7.05 Å². The highest BCUT2D eigenvalue weighted by Crippen LogP contribution is 2.21. The van der Waals surface area contributed by atoms with Crippen LogP contribution in [0.1, 0.15) is 12.8 Å². The number of hydrogen-bond donors (Lipinski definition) is 1. The van der Waals surface area contributed by atoms with E-state index in [4.69, 9.17) is 9.84 Å². The van der Waals surface area contributed by atoms with Crippen molar-refractivity contribution in [2.24, 2.45) is 0 Å². The molecular formula is C11H19N3O4S. The molecule has 0 aromatic carbocycles. The molecule has 0 atom stereocenters. The third kappa shape index (κ3) is 3.14. The van der Waals surface area contributed by atoms with E-state index in [0.717, 1.165) is 0 Å². The highest BCUT2D eigenvalue weighted by molar-refractivity contribution is 7.89. The van der Waals surface area contributed by atoms with Crippen molar-refractivity contribution in [2.75, 3.05) is 26.9 Å². The number of aliphatic hydroxyl groups excluding tert-OH is 1. The second kappa shape index (κ2) is 6.00. The molecule has 0 aliphatic carbocycles. The van der Waals surface area contributed by atoms with Crippen molar-refractivity contribution in [1.82, 2.24) is 14.1 Å². The van der Waals surface area contributed by atoms with Gasteiger partial charge >= 0.3 is 0 Å². The van der Waals surface area contributed by atoms with Crippen molar-refractivity contribution in [3.8, 4) is 0 Å². The average Bonchev–Trinajstić information content (AvgIpc) is 2.89. The van der Waals surface area contributed by atoms with Crippen LogP contribution < -0.4 is 0 Å². The van der Waals surface area contributed by atoms with Gasteiger partial charge in [0.15, 0.2) is 0 Å². The topological polar surface area (TPSA) is 84.7 Å². The van der Waals surface area contributed by atoms with Gasteiger partial charge in [-0.2, -0.15) is 9.40 Å². The fourth-order valence-electron chi connectivity index (χ4n) is 2.11. The molecule has 0 saturated carbocycles. The van der Waals surface area contributed by atoms with Crippen LogP contribution in [0.5, 0.6) is 0 Å². The third-order valence-corrected chi connectivity index (χ3v) is 5.18. The normalized spacial score (nSPS) is 18.1. The van der Waals surface area contributed by atoms with E-state index in [0.29, 0.717) is 26.1 Å². The molecular weight excluding hydrogens is 270 g/mol. The Bertz CT molecular complexity index is 508. The van der Waals surface area contributed by atoms with E-state index < -0.39 is 10.0 Å². The van der Waals surface area contributed by atoms with Gasteiger partial charge in [-0.05, 0) is 12.8 Å². The molecule has 0 spiro atoms. The maximum absolute atomic E-state index is 12.4. The summed E-state index contributed by atoms with van der Waals surface area (Å²) in [4.78, 5) is 0.162. The second-order valence-corrected chi connectivity index (χ2v) is 6.53. The van der Waals surface area contributed by atoms with Crippen molar-refractivity contribution in [1.29, 1.82) is 0 Å². The fraction of sp³-hybridized carbons (Fsp3) is 0.727. The summed E-state index contributed by atoms with van der Waals surface area (Å²) in [5, 5.41) is 12.7. The van der Waals surface area contributed by atoms with Crippen LogP contribution in [-0.4, -0.2) is 60.5 Å². The molecule has 1 N–H and O–H groups in total. The maximum atomic E-state index is 12.4. The number of sulfonamides is 1. The molecule has 0 amide bonds. The van der Waals surface area contributed by atoms with Gasteiger partial charge in [0, 0.05) is 32.5 Å². The molecule has 1 fully saturated rings. The maximum Gasteiger partial charge on any atom is 0.246 e. The molecule has 8 heteroatoms. The lowest BCUT2D eigenvalue weighted by Gasteiger charge is -2.29. The van der Waals surface area contributed by atoms with Crippen molar-refractivity contribution in [3.63, 3.8) is 0 Å². The Balaban J connectivity index is 2.15. The molecule has 108 valence electrons. The number of aliphatic hydroxyl groups is 1. The van der Waals surface area contributed by atoms with E-state index in [1.165, 1.54) is 21.4 Å². The number of nitrogens with zero attached hydrogens (tertiary/aromatic N) is 3. The Hall–Kier alpha value is -0.960. The van der Waals surface area contributed by atoms with Crippen LogP contribution in [0.15, 0.2) is 17.3 Å². The zero-order valence-electron chi connectivity index (χ0n) is 10.9. The van der Waals surface area contributed by atoms with Crippen LogP contribution in [-0.2, 0) is 21.3 Å². The first-order valence-corrected chi connectivity index (χ1v) is 7.69. The Morgan fingerprint density at radius 3 is 2.84 bits per heavy atom. The number of rotatable bonds is 5. The second-order valence-electron chi connectivity index (χ2n) is 4.53. The molecule has 1 aliphatic heterocycles. The lowest BCUT2D eigenvalue weighted by molar-refractivity contribution is 0.0632. The van der Waals surface area contributed by atoms with Crippen molar-refractivity contribution in [2.45, 2.75) is 30.3 Å². The van der Waals surface area contributed by atoms with E-state index in [1.807, 2.05) is 0 Å². The Morgan fingerprint density at radius 1 is 1.53 bits per heavy atom. The van der Waals surface area contributed by atoms with E-state index in [-0.39, 0.29) is 24.1 Å². The quantitative estimate of drug-likeness (QED) is 0.802. The zero-order chi connectivity index (χ0) is 13.9. The van der Waals surface area contributed by atoms with Crippen LogP contribution in [0.4, 0.5) is 0 Å². The van der Waals surface area contributed by atoms with Crippen molar-refractivity contribution in [3.05, 3.63) is 12.4 Å². The molecule has 19 heavy (non-hydrogen) atoms. The summed E-state index contributed by atoms with van der Waals surface area (Å²) in [6, 6.07) is -0.0278. The van der Waals surface area contributed by atoms with Gasteiger partial charge in [0.2, 0.25) is 10.0 Å². The van der Waals surface area contributed by atoms with Crippen LogP contribution in [0, 0.1) is 0 Å². The molecule has 0 radical (unpaired) electrons. The summed E-state index contributed by atoms with van der Waals surface area (Å²) in [7, 11) is -1.93. The largest absolute Gasteiger partial charge is 0.394 e. The lowest BCUT2D eigenvalue weighted by atomic mass is 10.1. The summed E-state index contributed by atoms with van der Waals surface area (Å²) < 4.78 is 32.9. The third-order valence-electron chi connectivity index (χ3n) is 3.32. The van der Waals surface area contributed by atoms with Gasteiger partial charge in [0.25, 0.3) is 0 Å². The monoisotopic (exact) mass is 289 g/mol. The van der Waals surface area contributed by atoms with Crippen LogP contribution in [0.3, 0.4) is 0 Å². The Morgan fingerprint density at radius 2 is 2.21 bits per heavy atom. The van der Waals surface area contributed by atoms with Gasteiger partial charge in [0.1, 0.15) is 4.90 Å². The minimum atomic E-state index is -3.52. The average molecular weight is 289 g/mol. The predicted octanol–water partition coefficient (Wildman–Crippen LogP) is -0.325. The molecule has 2 heterocycles. The molecule has 0 unspecified atom stereocenters. The zero-order valence-corrected chi connectivity index (χ0v) is 11.7. The van der Waals surface area contributed by atoms with Gasteiger partial charge < -0.3 is 9.84 Å². The van der Waals surface area contributed by atoms with Gasteiger partial charge in [0.05, 0.1) is 19.3 Å². The first-order chi connectivity index (χ1) is 9.05. The minimum Gasteiger partial charge on any atom is -0.394 e. The summed E-state index contributed by atoms with van der Waals surface area (Å²) in [5.41, 5.74) is 0. The fourth-order valence-corrected chi connectivity index (χ4v) is 3.48. The standard InChI is InChI=1S/C11H19N3O4S/c1-13(10-2-6-18-7-3-10)19(16,17)11-8-12-14(9-11)4-5-15/h8-10,15H,2-7H2,1H3. The van der Waals surface area contributed by atoms with Gasteiger partial charge in [-0.3, -0.25) is 4.68 Å². The van der Waals surface area contributed by atoms with Gasteiger partial charge in [-0.25, -0.2) is 8.42 Å². The first-order valence-electron chi connectivity index (χ1n) is 6.25. The summed E-state index contributed by atoms with van der Waals surface area (Å²) in [6.45, 7) is 1.40. The van der Waals surface area contributed by atoms with E-state index in [2.05, 4.69) is 5.10 Å². The summed E-state index contributed by atoms with van der Waals surface area (Å²) in [5.74, 6) is 0. The molecule has 1 saturated heterocycles. The Kier molecular flexibility index (Phi) is 4.56. The smallest absolute Gasteiger partial charge is 0.246 e. The van der Waals surface area contributed by atoms with Crippen LogP contribution >= 0.6 is 0 Å².